The molecule has 80 valence electrons. The quantitative estimate of drug-likeness (QED) is 0.822. The van der Waals surface area contributed by atoms with Crippen LogP contribution in [0.25, 0.3) is 0 Å². The first-order chi connectivity index (χ1) is 7.10. The highest BCUT2D eigenvalue weighted by molar-refractivity contribution is 5.42. The minimum Gasteiger partial charge on any atom is -0.496 e. The molecule has 15 heavy (non-hydrogen) atoms. The van der Waals surface area contributed by atoms with Gasteiger partial charge in [-0.15, -0.1) is 0 Å². The number of rotatable bonds is 3. The molecule has 0 radical (unpaired) electrons. The summed E-state index contributed by atoms with van der Waals surface area (Å²) in [6.45, 7) is 4.22. The Morgan fingerprint density at radius 2 is 2.07 bits per heavy atom. The first kappa shape index (κ1) is 11.5. The van der Waals surface area contributed by atoms with E-state index in [0.29, 0.717) is 11.7 Å². The van der Waals surface area contributed by atoms with Crippen LogP contribution in [0.1, 0.15) is 36.9 Å². The highest BCUT2D eigenvalue weighted by Gasteiger charge is 2.12. The van der Waals surface area contributed by atoms with Gasteiger partial charge in [-0.1, -0.05) is 26.0 Å². The zero-order valence-corrected chi connectivity index (χ0v) is 9.32. The van der Waals surface area contributed by atoms with Crippen molar-refractivity contribution in [3.63, 3.8) is 0 Å². The van der Waals surface area contributed by atoms with Crippen molar-refractivity contribution in [3.05, 3.63) is 29.3 Å². The number of nitriles is 1. The molecule has 0 bridgehead atoms. The topological polar surface area (TPSA) is 59.0 Å². The standard InChI is InChI=1S/C12H16N2O/c1-8(2)9-4-5-10(11(14)7-13)12(6-9)15-3/h4-6,8,11H,14H2,1-3H3. The summed E-state index contributed by atoms with van der Waals surface area (Å²) >= 11 is 0. The molecule has 0 aliphatic rings. The molecule has 0 aromatic heterocycles. The van der Waals surface area contributed by atoms with Gasteiger partial charge < -0.3 is 10.5 Å². The molecule has 1 atom stereocenters. The average Bonchev–Trinajstić information content (AvgIpc) is 2.27. The Hall–Kier alpha value is -1.53. The lowest BCUT2D eigenvalue weighted by molar-refractivity contribution is 0.407. The summed E-state index contributed by atoms with van der Waals surface area (Å²) in [5, 5.41) is 8.76. The maximum atomic E-state index is 8.76. The van der Waals surface area contributed by atoms with Gasteiger partial charge in [-0.25, -0.2) is 0 Å². The van der Waals surface area contributed by atoms with Gasteiger partial charge in [0, 0.05) is 5.56 Å². The molecule has 3 heteroatoms. The molecule has 0 heterocycles. The van der Waals surface area contributed by atoms with Gasteiger partial charge in [0.1, 0.15) is 11.8 Å². The number of ether oxygens (including phenoxy) is 1. The number of benzene rings is 1. The molecule has 1 unspecified atom stereocenters. The van der Waals surface area contributed by atoms with Crippen molar-refractivity contribution in [2.24, 2.45) is 5.73 Å². The van der Waals surface area contributed by atoms with Crippen LogP contribution in [0.5, 0.6) is 5.75 Å². The molecule has 1 aromatic rings. The van der Waals surface area contributed by atoms with E-state index in [-0.39, 0.29) is 0 Å². The van der Waals surface area contributed by atoms with Crippen LogP contribution in [0.2, 0.25) is 0 Å². The summed E-state index contributed by atoms with van der Waals surface area (Å²) in [6.07, 6.45) is 0. The van der Waals surface area contributed by atoms with Gasteiger partial charge in [0.15, 0.2) is 0 Å². The first-order valence-corrected chi connectivity index (χ1v) is 4.93. The van der Waals surface area contributed by atoms with Crippen molar-refractivity contribution in [1.29, 1.82) is 5.26 Å². The van der Waals surface area contributed by atoms with E-state index in [0.717, 1.165) is 5.56 Å². The van der Waals surface area contributed by atoms with Crippen LogP contribution < -0.4 is 10.5 Å². The summed E-state index contributed by atoms with van der Waals surface area (Å²) in [5.41, 5.74) is 7.58. The van der Waals surface area contributed by atoms with Crippen molar-refractivity contribution in [1.82, 2.24) is 0 Å². The number of hydrogen-bond donors (Lipinski definition) is 1. The fraction of sp³-hybridized carbons (Fsp3) is 0.417. The Balaban J connectivity index is 3.16. The van der Waals surface area contributed by atoms with Crippen molar-refractivity contribution in [2.45, 2.75) is 25.8 Å². The van der Waals surface area contributed by atoms with E-state index in [2.05, 4.69) is 13.8 Å². The molecule has 0 saturated heterocycles. The van der Waals surface area contributed by atoms with Gasteiger partial charge in [0.05, 0.1) is 13.2 Å². The number of hydrogen-bond acceptors (Lipinski definition) is 3. The van der Waals surface area contributed by atoms with Crippen LogP contribution in [0.3, 0.4) is 0 Å². The lowest BCUT2D eigenvalue weighted by Crippen LogP contribution is -2.09. The van der Waals surface area contributed by atoms with E-state index in [4.69, 9.17) is 15.7 Å². The smallest absolute Gasteiger partial charge is 0.124 e. The molecular formula is C12H16N2O. The second-order valence-electron chi connectivity index (χ2n) is 3.76. The number of methoxy groups -OCH3 is 1. The van der Waals surface area contributed by atoms with E-state index in [1.807, 2.05) is 24.3 Å². The third-order valence-corrected chi connectivity index (χ3v) is 2.40. The van der Waals surface area contributed by atoms with E-state index in [1.165, 1.54) is 5.56 Å². The minimum absolute atomic E-state index is 0.436. The Kier molecular flexibility index (Phi) is 3.70. The molecule has 2 N–H and O–H groups in total. The summed E-state index contributed by atoms with van der Waals surface area (Å²) in [4.78, 5) is 0. The molecule has 0 aliphatic carbocycles. The second-order valence-corrected chi connectivity index (χ2v) is 3.76. The zero-order chi connectivity index (χ0) is 11.4. The van der Waals surface area contributed by atoms with Crippen LogP contribution in [0.4, 0.5) is 0 Å². The Morgan fingerprint density at radius 3 is 2.53 bits per heavy atom. The summed E-state index contributed by atoms with van der Waals surface area (Å²) in [7, 11) is 1.59. The van der Waals surface area contributed by atoms with Crippen LogP contribution in [-0.2, 0) is 0 Å². The predicted molar refractivity (Wildman–Crippen MR) is 59.6 cm³/mol. The molecule has 0 saturated carbocycles. The van der Waals surface area contributed by atoms with Gasteiger partial charge in [-0.2, -0.15) is 5.26 Å². The maximum Gasteiger partial charge on any atom is 0.124 e. The highest BCUT2D eigenvalue weighted by atomic mass is 16.5. The van der Waals surface area contributed by atoms with Gasteiger partial charge in [-0.05, 0) is 17.5 Å². The van der Waals surface area contributed by atoms with Crippen molar-refractivity contribution in [2.75, 3.05) is 7.11 Å². The highest BCUT2D eigenvalue weighted by Crippen LogP contribution is 2.27. The molecule has 0 spiro atoms. The number of nitrogens with zero attached hydrogens (tertiary/aromatic N) is 1. The van der Waals surface area contributed by atoms with Crippen LogP contribution >= 0.6 is 0 Å². The number of nitrogens with two attached hydrogens (primary N) is 1. The monoisotopic (exact) mass is 204 g/mol. The van der Waals surface area contributed by atoms with E-state index >= 15 is 0 Å². The average molecular weight is 204 g/mol. The Labute approximate surface area is 90.5 Å². The largest absolute Gasteiger partial charge is 0.496 e. The lowest BCUT2D eigenvalue weighted by atomic mass is 9.98. The fourth-order valence-electron chi connectivity index (χ4n) is 1.41. The van der Waals surface area contributed by atoms with E-state index in [9.17, 15) is 0 Å². The minimum atomic E-state index is -0.624. The van der Waals surface area contributed by atoms with Crippen LogP contribution in [-0.4, -0.2) is 7.11 Å². The van der Waals surface area contributed by atoms with Crippen molar-refractivity contribution >= 4 is 0 Å². The van der Waals surface area contributed by atoms with Gasteiger partial charge in [-0.3, -0.25) is 0 Å². The van der Waals surface area contributed by atoms with Crippen LogP contribution in [0.15, 0.2) is 18.2 Å². The summed E-state index contributed by atoms with van der Waals surface area (Å²) < 4.78 is 5.23. The lowest BCUT2D eigenvalue weighted by Gasteiger charge is -2.13. The first-order valence-electron chi connectivity index (χ1n) is 4.93. The maximum absolute atomic E-state index is 8.76. The van der Waals surface area contributed by atoms with Gasteiger partial charge in [0.2, 0.25) is 0 Å². The second kappa shape index (κ2) is 4.81. The van der Waals surface area contributed by atoms with Crippen LogP contribution in [0, 0.1) is 11.3 Å². The molecule has 3 nitrogen and oxygen atoms in total. The third kappa shape index (κ3) is 2.48. The molecule has 0 aliphatic heterocycles. The van der Waals surface area contributed by atoms with E-state index in [1.54, 1.807) is 7.11 Å². The molecule has 1 aromatic carbocycles. The molecule has 0 amide bonds. The molecule has 1 rings (SSSR count). The van der Waals surface area contributed by atoms with Crippen molar-refractivity contribution in [3.8, 4) is 11.8 Å². The van der Waals surface area contributed by atoms with Crippen molar-refractivity contribution < 1.29 is 4.74 Å². The van der Waals surface area contributed by atoms with E-state index < -0.39 is 6.04 Å². The molecular weight excluding hydrogens is 188 g/mol. The van der Waals surface area contributed by atoms with Gasteiger partial charge in [0.25, 0.3) is 0 Å². The predicted octanol–water partition coefficient (Wildman–Crippen LogP) is 2.34. The molecule has 0 fully saturated rings. The normalized spacial score (nSPS) is 12.3. The Bertz CT molecular complexity index is 380. The Morgan fingerprint density at radius 1 is 1.40 bits per heavy atom. The SMILES string of the molecule is COc1cc(C(C)C)ccc1C(N)C#N. The summed E-state index contributed by atoms with van der Waals surface area (Å²) in [6, 6.07) is 7.17. The van der Waals surface area contributed by atoms with Gasteiger partial charge >= 0.3 is 0 Å². The third-order valence-electron chi connectivity index (χ3n) is 2.40. The summed E-state index contributed by atoms with van der Waals surface area (Å²) in [5.74, 6) is 1.13. The zero-order valence-electron chi connectivity index (χ0n) is 9.32. The fourth-order valence-corrected chi connectivity index (χ4v) is 1.41.